The molecule has 0 fully saturated rings. The monoisotopic (exact) mass is 265 g/mol. The molecule has 1 amide bonds. The number of halogens is 1. The quantitative estimate of drug-likeness (QED) is 0.664. The number of hydrogen-bond donors (Lipinski definition) is 1. The molecule has 2 aromatic rings. The van der Waals surface area contributed by atoms with Gasteiger partial charge in [0, 0.05) is 5.02 Å². The summed E-state index contributed by atoms with van der Waals surface area (Å²) in [6.07, 6.45) is 1.17. The summed E-state index contributed by atoms with van der Waals surface area (Å²) in [7, 11) is 0. The Morgan fingerprint density at radius 1 is 1.44 bits per heavy atom. The van der Waals surface area contributed by atoms with Crippen molar-refractivity contribution in [2.24, 2.45) is 0 Å². The normalized spacial score (nSPS) is 10.3. The lowest BCUT2D eigenvalue weighted by molar-refractivity contribution is -0.127. The van der Waals surface area contributed by atoms with Crippen LogP contribution in [0.5, 0.6) is 0 Å². The van der Waals surface area contributed by atoms with E-state index >= 15 is 0 Å². The SMILES string of the molecule is Cc1cc2occ(NC(=O)C=O)c(=O)c2cc1Cl. The van der Waals surface area contributed by atoms with Gasteiger partial charge in [0.1, 0.15) is 17.5 Å². The van der Waals surface area contributed by atoms with Gasteiger partial charge in [-0.1, -0.05) is 11.6 Å². The topological polar surface area (TPSA) is 76.4 Å². The van der Waals surface area contributed by atoms with Crippen molar-refractivity contribution in [3.63, 3.8) is 0 Å². The Morgan fingerprint density at radius 3 is 2.83 bits per heavy atom. The van der Waals surface area contributed by atoms with E-state index in [-0.39, 0.29) is 17.4 Å². The minimum absolute atomic E-state index is 0.0752. The van der Waals surface area contributed by atoms with Crippen molar-refractivity contribution in [3.05, 3.63) is 39.2 Å². The maximum Gasteiger partial charge on any atom is 0.288 e. The van der Waals surface area contributed by atoms with E-state index in [2.05, 4.69) is 5.32 Å². The Kier molecular flexibility index (Phi) is 3.16. The number of benzene rings is 1. The molecule has 1 N–H and O–H groups in total. The lowest BCUT2D eigenvalue weighted by atomic mass is 10.1. The van der Waals surface area contributed by atoms with Gasteiger partial charge in [-0.3, -0.25) is 14.4 Å². The first-order valence-corrected chi connectivity index (χ1v) is 5.38. The van der Waals surface area contributed by atoms with Gasteiger partial charge in [-0.15, -0.1) is 0 Å². The van der Waals surface area contributed by atoms with E-state index in [4.69, 9.17) is 16.0 Å². The zero-order chi connectivity index (χ0) is 13.3. The summed E-state index contributed by atoms with van der Waals surface area (Å²) in [6.45, 7) is 1.78. The van der Waals surface area contributed by atoms with Crippen LogP contribution in [-0.2, 0) is 9.59 Å². The molecule has 0 atom stereocenters. The molecule has 0 spiro atoms. The van der Waals surface area contributed by atoms with Gasteiger partial charge in [0.2, 0.25) is 11.7 Å². The molecule has 0 aliphatic carbocycles. The van der Waals surface area contributed by atoms with Crippen molar-refractivity contribution in [3.8, 4) is 0 Å². The van der Waals surface area contributed by atoms with Crippen LogP contribution in [0.2, 0.25) is 5.02 Å². The average molecular weight is 266 g/mol. The van der Waals surface area contributed by atoms with Crippen LogP contribution in [0.15, 0.2) is 27.6 Å². The molecule has 0 bridgehead atoms. The molecule has 5 nitrogen and oxygen atoms in total. The molecule has 0 saturated carbocycles. The van der Waals surface area contributed by atoms with Crippen LogP contribution in [0.1, 0.15) is 5.56 Å². The van der Waals surface area contributed by atoms with E-state index in [1.165, 1.54) is 6.07 Å². The Labute approximate surface area is 106 Å². The summed E-state index contributed by atoms with van der Waals surface area (Å²) in [6, 6.07) is 3.10. The van der Waals surface area contributed by atoms with Crippen molar-refractivity contribution in [1.82, 2.24) is 0 Å². The summed E-state index contributed by atoms with van der Waals surface area (Å²) in [5, 5.41) is 2.80. The largest absolute Gasteiger partial charge is 0.462 e. The second kappa shape index (κ2) is 4.62. The molecule has 18 heavy (non-hydrogen) atoms. The van der Waals surface area contributed by atoms with Gasteiger partial charge in [0.05, 0.1) is 5.39 Å². The smallest absolute Gasteiger partial charge is 0.288 e. The number of amides is 1. The van der Waals surface area contributed by atoms with Crippen LogP contribution in [0.4, 0.5) is 5.69 Å². The van der Waals surface area contributed by atoms with Crippen molar-refractivity contribution < 1.29 is 14.0 Å². The molecule has 1 heterocycles. The summed E-state index contributed by atoms with van der Waals surface area (Å²) in [5.74, 6) is -0.917. The van der Waals surface area contributed by atoms with E-state index in [0.29, 0.717) is 10.6 Å². The van der Waals surface area contributed by atoms with E-state index in [1.54, 1.807) is 13.0 Å². The van der Waals surface area contributed by atoms with Crippen LogP contribution in [0.25, 0.3) is 11.0 Å². The van der Waals surface area contributed by atoms with Gasteiger partial charge in [0.15, 0.2) is 0 Å². The van der Waals surface area contributed by atoms with Crippen LogP contribution in [-0.4, -0.2) is 12.2 Å². The van der Waals surface area contributed by atoms with Crippen LogP contribution in [0.3, 0.4) is 0 Å². The van der Waals surface area contributed by atoms with Gasteiger partial charge >= 0.3 is 0 Å². The molecule has 2 rings (SSSR count). The fourth-order valence-electron chi connectivity index (χ4n) is 1.50. The van der Waals surface area contributed by atoms with E-state index in [0.717, 1.165) is 11.8 Å². The molecule has 6 heteroatoms. The second-order valence-corrected chi connectivity index (χ2v) is 4.09. The summed E-state index contributed by atoms with van der Waals surface area (Å²) >= 11 is 5.92. The molecule has 92 valence electrons. The third-order valence-corrected chi connectivity index (χ3v) is 2.83. The number of carbonyl (C=O) groups is 2. The van der Waals surface area contributed by atoms with E-state index in [9.17, 15) is 14.4 Å². The Hall–Kier alpha value is -2.14. The third-order valence-electron chi connectivity index (χ3n) is 2.42. The van der Waals surface area contributed by atoms with Gasteiger partial charge in [0.25, 0.3) is 5.91 Å². The minimum atomic E-state index is -0.917. The number of fused-ring (bicyclic) bond motifs is 1. The number of carbonyl (C=O) groups excluding carboxylic acids is 2. The zero-order valence-corrected chi connectivity index (χ0v) is 10.1. The van der Waals surface area contributed by atoms with Gasteiger partial charge in [-0.2, -0.15) is 0 Å². The van der Waals surface area contributed by atoms with E-state index in [1.807, 2.05) is 0 Å². The Bertz CT molecular complexity index is 705. The molecular weight excluding hydrogens is 258 g/mol. The Morgan fingerprint density at radius 2 is 2.17 bits per heavy atom. The predicted molar refractivity (Wildman–Crippen MR) is 66.9 cm³/mol. The summed E-state index contributed by atoms with van der Waals surface area (Å²) in [4.78, 5) is 33.1. The number of anilines is 1. The highest BCUT2D eigenvalue weighted by Gasteiger charge is 2.11. The number of aldehydes is 1. The van der Waals surface area contributed by atoms with E-state index < -0.39 is 11.3 Å². The number of nitrogens with one attached hydrogen (secondary N) is 1. The van der Waals surface area contributed by atoms with Gasteiger partial charge in [-0.25, -0.2) is 0 Å². The highest BCUT2D eigenvalue weighted by atomic mass is 35.5. The Balaban J connectivity index is 2.64. The summed E-state index contributed by atoms with van der Waals surface area (Å²) < 4.78 is 5.22. The van der Waals surface area contributed by atoms with Crippen LogP contribution in [0, 0.1) is 6.92 Å². The minimum Gasteiger partial charge on any atom is -0.462 e. The highest BCUT2D eigenvalue weighted by molar-refractivity contribution is 6.32. The number of hydrogen-bond acceptors (Lipinski definition) is 4. The fourth-order valence-corrected chi connectivity index (χ4v) is 1.66. The molecule has 1 aromatic carbocycles. The zero-order valence-electron chi connectivity index (χ0n) is 9.32. The number of rotatable bonds is 2. The summed E-state index contributed by atoms with van der Waals surface area (Å²) in [5.41, 5.74) is 0.593. The van der Waals surface area contributed by atoms with Crippen molar-refractivity contribution in [2.75, 3.05) is 5.32 Å². The first kappa shape index (κ1) is 12.3. The predicted octanol–water partition coefficient (Wildman–Crippen LogP) is 1.89. The molecule has 0 unspecified atom stereocenters. The third kappa shape index (κ3) is 2.12. The molecule has 0 aliphatic rings. The lowest BCUT2D eigenvalue weighted by Crippen LogP contribution is -2.18. The molecule has 0 saturated heterocycles. The molecule has 1 aromatic heterocycles. The lowest BCUT2D eigenvalue weighted by Gasteiger charge is -2.04. The maximum absolute atomic E-state index is 12.0. The molecule has 0 radical (unpaired) electrons. The average Bonchev–Trinajstić information content (AvgIpc) is 2.35. The standard InChI is InChI=1S/C12H8ClNO4/c1-6-2-10-7(3-8(6)13)12(17)9(5-18-10)14-11(16)4-15/h2-5H,1H3,(H,14,16). The highest BCUT2D eigenvalue weighted by Crippen LogP contribution is 2.22. The molecule has 0 aliphatic heterocycles. The maximum atomic E-state index is 12.0. The first-order valence-electron chi connectivity index (χ1n) is 5.00. The fraction of sp³-hybridized carbons (Fsp3) is 0.0833. The van der Waals surface area contributed by atoms with Gasteiger partial charge < -0.3 is 9.73 Å². The molecular formula is C12H8ClNO4. The van der Waals surface area contributed by atoms with Crippen molar-refractivity contribution in [2.45, 2.75) is 6.92 Å². The van der Waals surface area contributed by atoms with Crippen LogP contribution >= 0.6 is 11.6 Å². The second-order valence-electron chi connectivity index (χ2n) is 3.68. The van der Waals surface area contributed by atoms with Crippen molar-refractivity contribution in [1.29, 1.82) is 0 Å². The van der Waals surface area contributed by atoms with Gasteiger partial charge in [-0.05, 0) is 24.6 Å². The number of aryl methyl sites for hydroxylation is 1. The van der Waals surface area contributed by atoms with Crippen molar-refractivity contribution >= 4 is 40.5 Å². The first-order chi connectivity index (χ1) is 8.52. The van der Waals surface area contributed by atoms with Crippen LogP contribution < -0.4 is 10.7 Å².